The number of H-pyrrole nitrogens is 1. The number of likely N-dealkylation sites (tertiary alicyclic amines) is 1. The van der Waals surface area contributed by atoms with E-state index in [9.17, 15) is 9.59 Å². The first-order valence-corrected chi connectivity index (χ1v) is 7.15. The van der Waals surface area contributed by atoms with Crippen molar-refractivity contribution in [1.29, 1.82) is 0 Å². The molecule has 0 radical (unpaired) electrons. The average Bonchev–Trinajstić information content (AvgIpc) is 2.93. The van der Waals surface area contributed by atoms with Gasteiger partial charge in [-0.1, -0.05) is 6.92 Å². The predicted octanol–water partition coefficient (Wildman–Crippen LogP) is 1.69. The Kier molecular flexibility index (Phi) is 4.76. The number of carbonyl (C=O) groups is 2. The minimum atomic E-state index is -0.770. The Morgan fingerprint density at radius 1 is 1.55 bits per heavy atom. The molecule has 0 saturated carbocycles. The topological polar surface area (TPSA) is 86.3 Å². The van der Waals surface area contributed by atoms with Gasteiger partial charge in [-0.05, 0) is 37.7 Å². The fourth-order valence-corrected chi connectivity index (χ4v) is 2.63. The second-order valence-electron chi connectivity index (χ2n) is 5.32. The van der Waals surface area contributed by atoms with Crippen LogP contribution in [0.3, 0.4) is 0 Å². The molecular weight excluding hydrogens is 258 g/mol. The van der Waals surface area contributed by atoms with Crippen LogP contribution in [-0.4, -0.2) is 45.2 Å². The molecule has 2 N–H and O–H groups in total. The van der Waals surface area contributed by atoms with Crippen LogP contribution in [0.1, 0.15) is 48.8 Å². The van der Waals surface area contributed by atoms with Gasteiger partial charge in [-0.15, -0.1) is 0 Å². The third-order valence-electron chi connectivity index (χ3n) is 3.80. The lowest BCUT2D eigenvalue weighted by atomic mass is 9.93. The molecule has 0 aliphatic carbocycles. The zero-order valence-electron chi connectivity index (χ0n) is 11.8. The summed E-state index contributed by atoms with van der Waals surface area (Å²) >= 11 is 0. The van der Waals surface area contributed by atoms with Crippen LogP contribution in [0.25, 0.3) is 0 Å². The maximum atomic E-state index is 12.3. The molecule has 110 valence electrons. The number of amides is 1. The minimum absolute atomic E-state index is 0.0547. The van der Waals surface area contributed by atoms with E-state index in [1.807, 2.05) is 6.92 Å². The number of piperidine rings is 1. The van der Waals surface area contributed by atoms with Gasteiger partial charge in [0.1, 0.15) is 5.69 Å². The van der Waals surface area contributed by atoms with Crippen LogP contribution in [0.5, 0.6) is 0 Å². The Morgan fingerprint density at radius 2 is 2.35 bits per heavy atom. The molecule has 0 bridgehead atoms. The fourth-order valence-electron chi connectivity index (χ4n) is 2.63. The summed E-state index contributed by atoms with van der Waals surface area (Å²) in [5.41, 5.74) is 1.41. The van der Waals surface area contributed by atoms with E-state index in [0.29, 0.717) is 18.7 Å². The molecule has 1 aliphatic heterocycles. The van der Waals surface area contributed by atoms with Crippen molar-refractivity contribution in [2.45, 2.75) is 39.0 Å². The third kappa shape index (κ3) is 3.59. The number of aliphatic carboxylic acids is 1. The van der Waals surface area contributed by atoms with Crippen molar-refractivity contribution in [2.24, 2.45) is 5.92 Å². The monoisotopic (exact) mass is 279 g/mol. The van der Waals surface area contributed by atoms with E-state index >= 15 is 0 Å². The van der Waals surface area contributed by atoms with Gasteiger partial charge in [-0.2, -0.15) is 5.10 Å². The lowest BCUT2D eigenvalue weighted by molar-refractivity contribution is -0.137. The number of aryl methyl sites for hydroxylation is 1. The highest BCUT2D eigenvalue weighted by Gasteiger charge is 2.26. The average molecular weight is 279 g/mol. The van der Waals surface area contributed by atoms with Crippen molar-refractivity contribution in [1.82, 2.24) is 15.1 Å². The highest BCUT2D eigenvalue weighted by atomic mass is 16.4. The first-order valence-electron chi connectivity index (χ1n) is 7.15. The molecule has 1 amide bonds. The predicted molar refractivity (Wildman–Crippen MR) is 73.5 cm³/mol. The van der Waals surface area contributed by atoms with Gasteiger partial charge in [0.15, 0.2) is 0 Å². The van der Waals surface area contributed by atoms with E-state index < -0.39 is 5.97 Å². The second-order valence-corrected chi connectivity index (χ2v) is 5.32. The van der Waals surface area contributed by atoms with Crippen LogP contribution in [0.2, 0.25) is 0 Å². The zero-order chi connectivity index (χ0) is 14.5. The third-order valence-corrected chi connectivity index (χ3v) is 3.80. The Balaban J connectivity index is 1.94. The van der Waals surface area contributed by atoms with Gasteiger partial charge in [0, 0.05) is 25.2 Å². The summed E-state index contributed by atoms with van der Waals surface area (Å²) in [5.74, 6) is -0.539. The summed E-state index contributed by atoms with van der Waals surface area (Å²) in [7, 11) is 0. The van der Waals surface area contributed by atoms with Crippen LogP contribution in [0, 0.1) is 5.92 Å². The summed E-state index contributed by atoms with van der Waals surface area (Å²) in [5, 5.41) is 15.6. The second kappa shape index (κ2) is 6.54. The number of aromatic nitrogens is 2. The molecule has 2 heterocycles. The van der Waals surface area contributed by atoms with E-state index in [1.165, 1.54) is 0 Å². The SMILES string of the molecule is CCc1cc(C(=O)N2CCCC(CCC(=O)O)C2)n[nH]1. The summed E-state index contributed by atoms with van der Waals surface area (Å²) < 4.78 is 0. The van der Waals surface area contributed by atoms with Crippen LogP contribution >= 0.6 is 0 Å². The number of carbonyl (C=O) groups excluding carboxylic acids is 1. The Hall–Kier alpha value is -1.85. The molecule has 1 aromatic rings. The van der Waals surface area contributed by atoms with E-state index in [0.717, 1.165) is 31.5 Å². The quantitative estimate of drug-likeness (QED) is 0.858. The van der Waals surface area contributed by atoms with Crippen LogP contribution < -0.4 is 0 Å². The highest BCUT2D eigenvalue weighted by molar-refractivity contribution is 5.92. The standard InChI is InChI=1S/C14H21N3O3/c1-2-11-8-12(16-15-11)14(20)17-7-3-4-10(9-17)5-6-13(18)19/h8,10H,2-7,9H2,1H3,(H,15,16)(H,18,19). The molecule has 2 rings (SSSR count). The fraction of sp³-hybridized carbons (Fsp3) is 0.643. The van der Waals surface area contributed by atoms with Gasteiger partial charge in [-0.25, -0.2) is 0 Å². The lowest BCUT2D eigenvalue weighted by Crippen LogP contribution is -2.40. The van der Waals surface area contributed by atoms with Gasteiger partial charge in [-0.3, -0.25) is 14.7 Å². The van der Waals surface area contributed by atoms with Gasteiger partial charge < -0.3 is 10.0 Å². The number of hydrogen-bond acceptors (Lipinski definition) is 3. The molecule has 1 unspecified atom stereocenters. The largest absolute Gasteiger partial charge is 0.481 e. The van der Waals surface area contributed by atoms with E-state index in [-0.39, 0.29) is 18.2 Å². The van der Waals surface area contributed by atoms with E-state index in [1.54, 1.807) is 11.0 Å². The molecular formula is C14H21N3O3. The Labute approximate surface area is 118 Å². The molecule has 1 saturated heterocycles. The van der Waals surface area contributed by atoms with E-state index in [4.69, 9.17) is 5.11 Å². The normalized spacial score (nSPS) is 19.1. The molecule has 1 aliphatic rings. The number of hydrogen-bond donors (Lipinski definition) is 2. The highest BCUT2D eigenvalue weighted by Crippen LogP contribution is 2.22. The molecule has 20 heavy (non-hydrogen) atoms. The summed E-state index contributed by atoms with van der Waals surface area (Å²) in [6.07, 6.45) is 3.56. The minimum Gasteiger partial charge on any atom is -0.481 e. The van der Waals surface area contributed by atoms with Crippen molar-refractivity contribution >= 4 is 11.9 Å². The maximum absolute atomic E-state index is 12.3. The number of carboxylic acid groups (broad SMARTS) is 1. The Bertz CT molecular complexity index is 484. The number of aromatic amines is 1. The van der Waals surface area contributed by atoms with Crippen molar-refractivity contribution in [3.8, 4) is 0 Å². The first-order chi connectivity index (χ1) is 9.60. The van der Waals surface area contributed by atoms with Crippen molar-refractivity contribution < 1.29 is 14.7 Å². The number of nitrogens with one attached hydrogen (secondary N) is 1. The smallest absolute Gasteiger partial charge is 0.303 e. The number of carboxylic acids is 1. The number of nitrogens with zero attached hydrogens (tertiary/aromatic N) is 2. The summed E-state index contributed by atoms with van der Waals surface area (Å²) in [6, 6.07) is 1.79. The molecule has 0 spiro atoms. The van der Waals surface area contributed by atoms with Crippen LogP contribution in [-0.2, 0) is 11.2 Å². The van der Waals surface area contributed by atoms with Crippen LogP contribution in [0.15, 0.2) is 6.07 Å². The first kappa shape index (κ1) is 14.6. The molecule has 6 nitrogen and oxygen atoms in total. The van der Waals surface area contributed by atoms with Gasteiger partial charge in [0.2, 0.25) is 0 Å². The van der Waals surface area contributed by atoms with Gasteiger partial charge in [0.25, 0.3) is 5.91 Å². The van der Waals surface area contributed by atoms with Crippen molar-refractivity contribution in [3.63, 3.8) is 0 Å². The Morgan fingerprint density at radius 3 is 3.00 bits per heavy atom. The number of rotatable bonds is 5. The molecule has 1 aromatic heterocycles. The van der Waals surface area contributed by atoms with Gasteiger partial charge >= 0.3 is 5.97 Å². The van der Waals surface area contributed by atoms with Gasteiger partial charge in [0.05, 0.1) is 0 Å². The molecule has 1 fully saturated rings. The zero-order valence-corrected chi connectivity index (χ0v) is 11.8. The van der Waals surface area contributed by atoms with Crippen LogP contribution in [0.4, 0.5) is 0 Å². The lowest BCUT2D eigenvalue weighted by Gasteiger charge is -2.32. The maximum Gasteiger partial charge on any atom is 0.303 e. The summed E-state index contributed by atoms with van der Waals surface area (Å²) in [6.45, 7) is 3.38. The van der Waals surface area contributed by atoms with Crippen molar-refractivity contribution in [3.05, 3.63) is 17.5 Å². The summed E-state index contributed by atoms with van der Waals surface area (Å²) in [4.78, 5) is 24.8. The molecule has 0 aromatic carbocycles. The van der Waals surface area contributed by atoms with E-state index in [2.05, 4.69) is 10.2 Å². The molecule has 1 atom stereocenters. The molecule has 6 heteroatoms. The van der Waals surface area contributed by atoms with Crippen molar-refractivity contribution in [2.75, 3.05) is 13.1 Å².